The van der Waals surface area contributed by atoms with E-state index >= 15 is 0 Å². The summed E-state index contributed by atoms with van der Waals surface area (Å²) < 4.78 is 16.5. The van der Waals surface area contributed by atoms with E-state index in [0.29, 0.717) is 35.8 Å². The molecule has 0 saturated heterocycles. The highest BCUT2D eigenvalue weighted by molar-refractivity contribution is 6.05. The minimum Gasteiger partial charge on any atom is -0.489 e. The van der Waals surface area contributed by atoms with E-state index in [-0.39, 0.29) is 18.3 Å². The lowest BCUT2D eigenvalue weighted by Crippen LogP contribution is -2.15. The maximum atomic E-state index is 12.9. The Morgan fingerprint density at radius 3 is 2.11 bits per heavy atom. The molecule has 1 N–H and O–H groups in total. The number of rotatable bonds is 10. The number of nitrogens with one attached hydrogen (secondary N) is 1. The molecule has 4 aromatic carbocycles. The second-order valence-electron chi connectivity index (χ2n) is 8.10. The van der Waals surface area contributed by atoms with Crippen LogP contribution in [0.1, 0.15) is 27.0 Å². The monoisotopic (exact) mass is 481 g/mol. The Morgan fingerprint density at radius 2 is 1.36 bits per heavy atom. The van der Waals surface area contributed by atoms with Crippen molar-refractivity contribution in [2.75, 3.05) is 12.4 Å². The van der Waals surface area contributed by atoms with Crippen LogP contribution in [0.3, 0.4) is 0 Å². The van der Waals surface area contributed by atoms with E-state index in [2.05, 4.69) is 5.32 Å². The summed E-state index contributed by atoms with van der Waals surface area (Å²) in [6.45, 7) is 0.866. The van der Waals surface area contributed by atoms with E-state index in [0.717, 1.165) is 16.9 Å². The minimum absolute atomic E-state index is 0.0756. The van der Waals surface area contributed by atoms with E-state index in [1.54, 1.807) is 42.5 Å². The summed E-state index contributed by atoms with van der Waals surface area (Å²) in [5, 5.41) is 2.87. The number of carbonyl (C=O) groups is 2. The van der Waals surface area contributed by atoms with Gasteiger partial charge in [-0.3, -0.25) is 9.59 Å². The van der Waals surface area contributed by atoms with E-state index in [9.17, 15) is 9.59 Å². The standard InChI is InChI=1S/C30H27NO5/c1-34-29(32)19-24-10-5-6-13-28(24)31-30(33)25-11-7-12-27(18-25)36-21-23-14-16-26(17-15-23)35-20-22-8-3-2-4-9-22/h2-18H,19-21H2,1H3,(H,31,33). The van der Waals surface area contributed by atoms with Gasteiger partial charge in [0.05, 0.1) is 13.5 Å². The first-order chi connectivity index (χ1) is 17.6. The summed E-state index contributed by atoms with van der Waals surface area (Å²) in [6.07, 6.45) is 0.0756. The number of hydrogen-bond acceptors (Lipinski definition) is 5. The zero-order valence-corrected chi connectivity index (χ0v) is 20.0. The molecule has 4 aromatic rings. The molecule has 6 heteroatoms. The summed E-state index contributed by atoms with van der Waals surface area (Å²) in [5.74, 6) is 0.698. The number of anilines is 1. The predicted molar refractivity (Wildman–Crippen MR) is 138 cm³/mol. The molecule has 0 radical (unpaired) electrons. The molecule has 0 aliphatic heterocycles. The van der Waals surface area contributed by atoms with Crippen molar-refractivity contribution in [3.63, 3.8) is 0 Å². The van der Waals surface area contributed by atoms with Gasteiger partial charge in [0.15, 0.2) is 0 Å². The molecule has 0 aliphatic carbocycles. The van der Waals surface area contributed by atoms with Gasteiger partial charge >= 0.3 is 5.97 Å². The third-order valence-electron chi connectivity index (χ3n) is 5.50. The van der Waals surface area contributed by atoms with Crippen LogP contribution < -0.4 is 14.8 Å². The smallest absolute Gasteiger partial charge is 0.310 e. The number of benzene rings is 4. The summed E-state index contributed by atoms with van der Waals surface area (Å²) >= 11 is 0. The summed E-state index contributed by atoms with van der Waals surface area (Å²) in [4.78, 5) is 24.5. The van der Waals surface area contributed by atoms with Crippen LogP contribution in [-0.4, -0.2) is 19.0 Å². The molecule has 0 saturated carbocycles. The average Bonchev–Trinajstić information content (AvgIpc) is 2.93. The van der Waals surface area contributed by atoms with Crippen LogP contribution >= 0.6 is 0 Å². The fourth-order valence-electron chi connectivity index (χ4n) is 3.54. The molecule has 0 atom stereocenters. The molecule has 0 bridgehead atoms. The lowest BCUT2D eigenvalue weighted by molar-refractivity contribution is -0.139. The number of amides is 1. The average molecular weight is 482 g/mol. The van der Waals surface area contributed by atoms with Crippen LogP contribution in [0.5, 0.6) is 11.5 Å². The topological polar surface area (TPSA) is 73.9 Å². The van der Waals surface area contributed by atoms with E-state index in [1.807, 2.05) is 60.7 Å². The zero-order chi connectivity index (χ0) is 25.2. The Hall–Kier alpha value is -4.58. The summed E-state index contributed by atoms with van der Waals surface area (Å²) in [5.41, 5.74) is 3.79. The van der Waals surface area contributed by atoms with Crippen LogP contribution in [0.4, 0.5) is 5.69 Å². The van der Waals surface area contributed by atoms with Crippen molar-refractivity contribution in [2.24, 2.45) is 0 Å². The van der Waals surface area contributed by atoms with Gasteiger partial charge in [-0.05, 0) is 53.1 Å². The number of ether oxygens (including phenoxy) is 3. The number of hydrogen-bond donors (Lipinski definition) is 1. The Balaban J connectivity index is 1.33. The summed E-state index contributed by atoms with van der Waals surface area (Å²) in [6, 6.07) is 31.9. The van der Waals surface area contributed by atoms with E-state index < -0.39 is 0 Å². The molecule has 0 heterocycles. The molecule has 36 heavy (non-hydrogen) atoms. The first-order valence-electron chi connectivity index (χ1n) is 11.6. The zero-order valence-electron chi connectivity index (χ0n) is 20.0. The molecular weight excluding hydrogens is 454 g/mol. The second-order valence-corrected chi connectivity index (χ2v) is 8.10. The molecule has 0 fully saturated rings. The van der Waals surface area contributed by atoms with Gasteiger partial charge in [-0.2, -0.15) is 0 Å². The van der Waals surface area contributed by atoms with Gasteiger partial charge in [-0.25, -0.2) is 0 Å². The molecular formula is C30H27NO5. The SMILES string of the molecule is COC(=O)Cc1ccccc1NC(=O)c1cccc(OCc2ccc(OCc3ccccc3)cc2)c1. The highest BCUT2D eigenvalue weighted by atomic mass is 16.5. The lowest BCUT2D eigenvalue weighted by Gasteiger charge is -2.12. The van der Waals surface area contributed by atoms with Gasteiger partial charge in [-0.1, -0.05) is 66.7 Å². The van der Waals surface area contributed by atoms with Gasteiger partial charge in [0.25, 0.3) is 5.91 Å². The van der Waals surface area contributed by atoms with Crippen LogP contribution in [0.25, 0.3) is 0 Å². The fraction of sp³-hybridized carbons (Fsp3) is 0.133. The molecule has 6 nitrogen and oxygen atoms in total. The van der Waals surface area contributed by atoms with Crippen molar-refractivity contribution in [3.05, 3.63) is 125 Å². The first-order valence-corrected chi connectivity index (χ1v) is 11.6. The minimum atomic E-state index is -0.372. The van der Waals surface area contributed by atoms with Crippen LogP contribution in [0.2, 0.25) is 0 Å². The van der Waals surface area contributed by atoms with Gasteiger partial charge in [0.1, 0.15) is 24.7 Å². The highest BCUT2D eigenvalue weighted by Gasteiger charge is 2.12. The molecule has 0 spiro atoms. The molecule has 1 amide bonds. The molecule has 4 rings (SSSR count). The van der Waals surface area contributed by atoms with E-state index in [1.165, 1.54) is 7.11 Å². The van der Waals surface area contributed by atoms with Crippen molar-refractivity contribution in [1.29, 1.82) is 0 Å². The van der Waals surface area contributed by atoms with E-state index in [4.69, 9.17) is 14.2 Å². The highest BCUT2D eigenvalue weighted by Crippen LogP contribution is 2.21. The largest absolute Gasteiger partial charge is 0.489 e. The number of carbonyl (C=O) groups excluding carboxylic acids is 2. The van der Waals surface area contributed by atoms with Gasteiger partial charge in [-0.15, -0.1) is 0 Å². The Morgan fingerprint density at radius 1 is 0.694 bits per heavy atom. The van der Waals surface area contributed by atoms with Crippen molar-refractivity contribution in [3.8, 4) is 11.5 Å². The van der Waals surface area contributed by atoms with Crippen LogP contribution in [0.15, 0.2) is 103 Å². The Labute approximate surface area is 210 Å². The lowest BCUT2D eigenvalue weighted by atomic mass is 10.1. The molecule has 0 aromatic heterocycles. The first kappa shape index (κ1) is 24.5. The normalized spacial score (nSPS) is 10.4. The number of para-hydroxylation sites is 1. The maximum Gasteiger partial charge on any atom is 0.310 e. The molecule has 0 aliphatic rings. The second kappa shape index (κ2) is 12.2. The van der Waals surface area contributed by atoms with Gasteiger partial charge in [0.2, 0.25) is 0 Å². The van der Waals surface area contributed by atoms with Gasteiger partial charge in [0, 0.05) is 11.3 Å². The van der Waals surface area contributed by atoms with Crippen molar-refractivity contribution >= 4 is 17.6 Å². The van der Waals surface area contributed by atoms with Crippen molar-refractivity contribution < 1.29 is 23.8 Å². The van der Waals surface area contributed by atoms with Gasteiger partial charge < -0.3 is 19.5 Å². The van der Waals surface area contributed by atoms with Crippen molar-refractivity contribution in [1.82, 2.24) is 0 Å². The summed E-state index contributed by atoms with van der Waals surface area (Å²) in [7, 11) is 1.34. The number of methoxy groups -OCH3 is 1. The third kappa shape index (κ3) is 6.96. The quantitative estimate of drug-likeness (QED) is 0.289. The Kier molecular flexibility index (Phi) is 8.33. The predicted octanol–water partition coefficient (Wildman–Crippen LogP) is 5.81. The molecule has 0 unspecified atom stereocenters. The maximum absolute atomic E-state index is 12.9. The Bertz CT molecular complexity index is 1300. The number of esters is 1. The third-order valence-corrected chi connectivity index (χ3v) is 5.50. The van der Waals surface area contributed by atoms with Crippen molar-refractivity contribution in [2.45, 2.75) is 19.6 Å². The van der Waals surface area contributed by atoms with Crippen LogP contribution in [0, 0.1) is 0 Å². The fourth-order valence-corrected chi connectivity index (χ4v) is 3.54. The molecule has 182 valence electrons. The van der Waals surface area contributed by atoms with Crippen LogP contribution in [-0.2, 0) is 29.2 Å².